The Balaban J connectivity index is 4.62. The van der Waals surface area contributed by atoms with Crippen LogP contribution in [0.4, 0.5) is 0 Å². The van der Waals surface area contributed by atoms with Crippen molar-refractivity contribution < 1.29 is 0 Å². The van der Waals surface area contributed by atoms with E-state index in [1.54, 1.807) is 0 Å². The number of thiol groups is 4. The third-order valence-corrected chi connectivity index (χ3v) is 10.3. The molecule has 0 spiro atoms. The lowest BCUT2D eigenvalue weighted by Crippen LogP contribution is -2.34. The fourth-order valence-electron chi connectivity index (χ4n) is 2.07. The van der Waals surface area contributed by atoms with Gasteiger partial charge in [-0.3, -0.25) is 0 Å². The molecular weight excluding hydrogens is 461 g/mol. The minimum atomic E-state index is 0.449. The van der Waals surface area contributed by atoms with Crippen molar-refractivity contribution in [2.24, 2.45) is 5.41 Å². The summed E-state index contributed by atoms with van der Waals surface area (Å²) in [6.07, 6.45) is 4.87. The van der Waals surface area contributed by atoms with Gasteiger partial charge in [0.15, 0.2) is 0 Å². The molecule has 0 saturated heterocycles. The van der Waals surface area contributed by atoms with Crippen molar-refractivity contribution in [2.75, 3.05) is 69.0 Å². The predicted octanol–water partition coefficient (Wildman–Crippen LogP) is 6.19. The predicted molar refractivity (Wildman–Crippen MR) is 146 cm³/mol. The summed E-state index contributed by atoms with van der Waals surface area (Å²) >= 11 is 26.0. The van der Waals surface area contributed by atoms with Crippen LogP contribution in [-0.2, 0) is 0 Å². The average molecular weight is 497 g/mol. The first-order valence-electron chi connectivity index (χ1n) is 8.99. The molecule has 0 unspecified atom stereocenters. The van der Waals surface area contributed by atoms with Crippen LogP contribution in [0.1, 0.15) is 25.7 Å². The quantitative estimate of drug-likeness (QED) is 0.117. The first-order chi connectivity index (χ1) is 12.2. The molecule has 0 fully saturated rings. The van der Waals surface area contributed by atoms with E-state index in [0.29, 0.717) is 5.41 Å². The van der Waals surface area contributed by atoms with Gasteiger partial charge in [0.2, 0.25) is 0 Å². The Morgan fingerprint density at radius 3 is 0.880 bits per heavy atom. The van der Waals surface area contributed by atoms with Gasteiger partial charge in [-0.15, -0.1) is 0 Å². The van der Waals surface area contributed by atoms with E-state index in [1.165, 1.54) is 71.7 Å². The summed E-state index contributed by atoms with van der Waals surface area (Å²) in [5.74, 6) is 14.1. The second kappa shape index (κ2) is 21.5. The van der Waals surface area contributed by atoms with Gasteiger partial charge < -0.3 is 0 Å². The lowest BCUT2D eigenvalue weighted by atomic mass is 9.99. The molecule has 8 heteroatoms. The smallest absolute Gasteiger partial charge is 0.00650 e. The first-order valence-corrected chi connectivity index (χ1v) is 16.1. The Hall–Kier alpha value is 2.80. The molecule has 152 valence electrons. The molecule has 0 atom stereocenters. The molecule has 0 aromatic rings. The van der Waals surface area contributed by atoms with Crippen molar-refractivity contribution in [3.63, 3.8) is 0 Å². The fraction of sp³-hybridized carbons (Fsp3) is 1.00. The zero-order valence-corrected chi connectivity index (χ0v) is 22.1. The lowest BCUT2D eigenvalue weighted by molar-refractivity contribution is 0.515. The van der Waals surface area contributed by atoms with Crippen LogP contribution in [-0.4, -0.2) is 69.0 Å². The van der Waals surface area contributed by atoms with Crippen LogP contribution in [0.2, 0.25) is 0 Å². The molecule has 0 bridgehead atoms. The molecule has 0 N–H and O–H groups in total. The van der Waals surface area contributed by atoms with E-state index in [9.17, 15) is 0 Å². The van der Waals surface area contributed by atoms with E-state index in [1.807, 2.05) is 0 Å². The van der Waals surface area contributed by atoms with Crippen LogP contribution in [0.25, 0.3) is 0 Å². The molecule has 0 amide bonds. The zero-order valence-electron chi connectivity index (χ0n) is 15.2. The average Bonchev–Trinajstić information content (AvgIpc) is 2.63. The van der Waals surface area contributed by atoms with Gasteiger partial charge in [0.25, 0.3) is 0 Å². The summed E-state index contributed by atoms with van der Waals surface area (Å²) in [7, 11) is 0. The van der Waals surface area contributed by atoms with Gasteiger partial charge in [-0.2, -0.15) is 97.6 Å². The molecule has 0 nitrogen and oxygen atoms in total. The van der Waals surface area contributed by atoms with Gasteiger partial charge in [0.1, 0.15) is 0 Å². The van der Waals surface area contributed by atoms with Crippen LogP contribution in [0, 0.1) is 5.41 Å². The largest absolute Gasteiger partial charge is 0.179 e. The summed E-state index contributed by atoms with van der Waals surface area (Å²) in [5, 5.41) is 0. The van der Waals surface area contributed by atoms with Gasteiger partial charge in [-0.1, -0.05) is 0 Å². The third kappa shape index (κ3) is 17.4. The maximum atomic E-state index is 4.36. The van der Waals surface area contributed by atoms with Crippen LogP contribution < -0.4 is 0 Å². The molecule has 0 aliphatic carbocycles. The minimum Gasteiger partial charge on any atom is -0.179 e. The summed E-state index contributed by atoms with van der Waals surface area (Å²) in [6, 6.07) is 0. The number of thioether (sulfide) groups is 4. The highest BCUT2D eigenvalue weighted by molar-refractivity contribution is 8.02. The summed E-state index contributed by atoms with van der Waals surface area (Å²) < 4.78 is 0. The van der Waals surface area contributed by atoms with E-state index in [2.05, 4.69) is 97.6 Å². The second-order valence-corrected chi connectivity index (χ2v) is 12.2. The van der Waals surface area contributed by atoms with Crippen molar-refractivity contribution in [3.05, 3.63) is 0 Å². The highest BCUT2D eigenvalue weighted by Crippen LogP contribution is 2.36. The van der Waals surface area contributed by atoms with Crippen molar-refractivity contribution in [1.82, 2.24) is 0 Å². The fourth-order valence-corrected chi connectivity index (χ4v) is 9.26. The van der Waals surface area contributed by atoms with Crippen molar-refractivity contribution in [3.8, 4) is 0 Å². The van der Waals surface area contributed by atoms with E-state index in [-0.39, 0.29) is 0 Å². The highest BCUT2D eigenvalue weighted by atomic mass is 32.2. The Labute approximate surface area is 196 Å². The molecule has 0 aliphatic rings. The molecule has 0 heterocycles. The Kier molecular flexibility index (Phi) is 23.9. The van der Waals surface area contributed by atoms with Gasteiger partial charge >= 0.3 is 0 Å². The van der Waals surface area contributed by atoms with Crippen molar-refractivity contribution in [1.29, 1.82) is 0 Å². The Bertz CT molecular complexity index is 212. The molecule has 0 aromatic carbocycles. The molecule has 0 radical (unpaired) electrons. The monoisotopic (exact) mass is 496 g/mol. The summed E-state index contributed by atoms with van der Waals surface area (Å²) in [5.41, 5.74) is 0.449. The molecule has 0 rings (SSSR count). The van der Waals surface area contributed by atoms with Gasteiger partial charge in [-0.05, 0) is 71.7 Å². The van der Waals surface area contributed by atoms with E-state index in [0.717, 1.165) is 23.0 Å². The first kappa shape index (κ1) is 27.8. The molecule has 0 aliphatic heterocycles. The Morgan fingerprint density at radius 2 is 0.680 bits per heavy atom. The van der Waals surface area contributed by atoms with E-state index < -0.39 is 0 Å². The van der Waals surface area contributed by atoms with Crippen LogP contribution in [0.3, 0.4) is 0 Å². The Morgan fingerprint density at radius 1 is 0.440 bits per heavy atom. The number of hydrogen-bond donors (Lipinski definition) is 4. The maximum Gasteiger partial charge on any atom is 0.00650 e. The van der Waals surface area contributed by atoms with Crippen molar-refractivity contribution >= 4 is 97.6 Å². The number of hydrogen-bond acceptors (Lipinski definition) is 8. The van der Waals surface area contributed by atoms with Gasteiger partial charge in [0.05, 0.1) is 0 Å². The molecule has 0 saturated carbocycles. The topological polar surface area (TPSA) is 0 Å². The minimum absolute atomic E-state index is 0.449. The van der Waals surface area contributed by atoms with Gasteiger partial charge in [0, 0.05) is 28.4 Å². The zero-order chi connectivity index (χ0) is 18.6. The normalized spacial score (nSPS) is 12.0. The molecule has 25 heavy (non-hydrogen) atoms. The molecule has 0 aromatic heterocycles. The van der Waals surface area contributed by atoms with E-state index in [4.69, 9.17) is 0 Å². The molecular formula is C17H36S8. The lowest BCUT2D eigenvalue weighted by Gasteiger charge is -2.33. The maximum absolute atomic E-state index is 4.36. The standard InChI is InChI=1S/C17H36S8/c18-5-1-9-22-13-17(14-23-10-2-6-19,15-24-11-3-7-20)16-25-12-4-8-21/h18-21H,1-16H2. The third-order valence-electron chi connectivity index (χ3n) is 3.42. The number of rotatable bonds is 20. The van der Waals surface area contributed by atoms with Gasteiger partial charge in [-0.25, -0.2) is 0 Å². The summed E-state index contributed by atoms with van der Waals surface area (Å²) in [4.78, 5) is 0. The van der Waals surface area contributed by atoms with Crippen molar-refractivity contribution in [2.45, 2.75) is 25.7 Å². The highest BCUT2D eigenvalue weighted by Gasteiger charge is 2.30. The summed E-state index contributed by atoms with van der Waals surface area (Å²) in [6.45, 7) is 0. The van der Waals surface area contributed by atoms with Crippen LogP contribution >= 0.6 is 97.6 Å². The van der Waals surface area contributed by atoms with E-state index >= 15 is 0 Å². The SMILES string of the molecule is SCCCSCC(CSCCCS)(CSCCCS)CSCCCS. The van der Waals surface area contributed by atoms with Crippen LogP contribution in [0.5, 0.6) is 0 Å². The second-order valence-electron chi connectivity index (χ2n) is 6.02. The van der Waals surface area contributed by atoms with Crippen LogP contribution in [0.15, 0.2) is 0 Å².